The molecule has 0 saturated heterocycles. The van der Waals surface area contributed by atoms with E-state index in [1.54, 1.807) is 12.1 Å². The van der Waals surface area contributed by atoms with E-state index in [2.05, 4.69) is 30.1 Å². The second kappa shape index (κ2) is 11.0. The normalized spacial score (nSPS) is 12.0. The highest BCUT2D eigenvalue weighted by Crippen LogP contribution is 2.16. The van der Waals surface area contributed by atoms with E-state index in [4.69, 9.17) is 9.73 Å². The van der Waals surface area contributed by atoms with Crippen LogP contribution >= 0.6 is 0 Å². The van der Waals surface area contributed by atoms with E-state index in [0.717, 1.165) is 30.2 Å². The second-order valence-corrected chi connectivity index (χ2v) is 9.51. The summed E-state index contributed by atoms with van der Waals surface area (Å²) in [5, 5.41) is 3.31. The first kappa shape index (κ1) is 23.7. The van der Waals surface area contributed by atoms with Gasteiger partial charge >= 0.3 is 0 Å². The Bertz CT molecular complexity index is 934. The fourth-order valence-electron chi connectivity index (χ4n) is 3.09. The number of nitrogens with zero attached hydrogens (tertiary/aromatic N) is 2. The Balaban J connectivity index is 1.89. The molecule has 0 heterocycles. The number of likely N-dealkylation sites (N-methyl/N-ethyl adjacent to an activating group) is 1. The number of hydrogen-bond acceptors (Lipinski definition) is 4. The van der Waals surface area contributed by atoms with Crippen molar-refractivity contribution in [2.75, 3.05) is 39.5 Å². The first-order valence-corrected chi connectivity index (χ1v) is 12.1. The van der Waals surface area contributed by atoms with Crippen molar-refractivity contribution in [1.29, 1.82) is 0 Å². The van der Waals surface area contributed by atoms with Crippen LogP contribution in [-0.4, -0.2) is 58.8 Å². The predicted molar refractivity (Wildman–Crippen MR) is 123 cm³/mol. The molecule has 0 aliphatic rings. The van der Waals surface area contributed by atoms with Crippen LogP contribution in [0.5, 0.6) is 5.75 Å². The SMILES string of the molecule is CCNC(=NCCc1ccc(S(C)(=O)=O)cc1)N(C)CCOc1cc(C)cc(C)c1. The lowest BCUT2D eigenvalue weighted by Crippen LogP contribution is -2.41. The molecule has 2 aromatic rings. The maximum absolute atomic E-state index is 11.6. The molecule has 0 saturated carbocycles. The summed E-state index contributed by atoms with van der Waals surface area (Å²) in [6.07, 6.45) is 1.96. The van der Waals surface area contributed by atoms with Crippen molar-refractivity contribution in [3.05, 3.63) is 59.2 Å². The summed E-state index contributed by atoms with van der Waals surface area (Å²) in [5.41, 5.74) is 3.44. The number of guanidine groups is 1. The van der Waals surface area contributed by atoms with Crippen molar-refractivity contribution in [3.63, 3.8) is 0 Å². The molecule has 0 atom stereocenters. The average molecular weight is 432 g/mol. The van der Waals surface area contributed by atoms with E-state index in [1.165, 1.54) is 17.4 Å². The minimum Gasteiger partial charge on any atom is -0.492 e. The Morgan fingerprint density at radius 3 is 2.30 bits per heavy atom. The molecule has 0 fully saturated rings. The first-order chi connectivity index (χ1) is 14.2. The van der Waals surface area contributed by atoms with Crippen molar-refractivity contribution in [1.82, 2.24) is 10.2 Å². The molecule has 0 amide bonds. The van der Waals surface area contributed by atoms with Crippen LogP contribution in [0.3, 0.4) is 0 Å². The highest BCUT2D eigenvalue weighted by molar-refractivity contribution is 7.90. The zero-order valence-corrected chi connectivity index (χ0v) is 19.4. The molecule has 1 N–H and O–H groups in total. The second-order valence-electron chi connectivity index (χ2n) is 7.50. The van der Waals surface area contributed by atoms with Gasteiger partial charge in [0.05, 0.1) is 11.4 Å². The van der Waals surface area contributed by atoms with E-state index >= 15 is 0 Å². The van der Waals surface area contributed by atoms with Gasteiger partial charge in [-0.1, -0.05) is 18.2 Å². The molecule has 30 heavy (non-hydrogen) atoms. The van der Waals surface area contributed by atoms with E-state index in [0.29, 0.717) is 24.6 Å². The molecule has 2 aromatic carbocycles. The van der Waals surface area contributed by atoms with Gasteiger partial charge < -0.3 is 15.0 Å². The summed E-state index contributed by atoms with van der Waals surface area (Å²) in [6, 6.07) is 13.2. The zero-order valence-electron chi connectivity index (χ0n) is 18.6. The topological polar surface area (TPSA) is 71.0 Å². The van der Waals surface area contributed by atoms with Crippen LogP contribution in [0, 0.1) is 13.8 Å². The number of rotatable bonds is 9. The highest BCUT2D eigenvalue weighted by Gasteiger charge is 2.08. The Morgan fingerprint density at radius 2 is 1.73 bits per heavy atom. The van der Waals surface area contributed by atoms with Gasteiger partial charge in [0.1, 0.15) is 12.4 Å². The number of hydrogen-bond donors (Lipinski definition) is 1. The summed E-state index contributed by atoms with van der Waals surface area (Å²) in [4.78, 5) is 7.09. The fourth-order valence-corrected chi connectivity index (χ4v) is 3.72. The highest BCUT2D eigenvalue weighted by atomic mass is 32.2. The predicted octanol–water partition coefficient (Wildman–Crippen LogP) is 3.23. The summed E-state index contributed by atoms with van der Waals surface area (Å²) >= 11 is 0. The largest absolute Gasteiger partial charge is 0.492 e. The maximum atomic E-state index is 11.6. The lowest BCUT2D eigenvalue weighted by Gasteiger charge is -2.22. The average Bonchev–Trinajstić information content (AvgIpc) is 2.66. The minimum atomic E-state index is -3.16. The van der Waals surface area contributed by atoms with Gasteiger partial charge in [0.2, 0.25) is 0 Å². The molecule has 2 rings (SSSR count). The lowest BCUT2D eigenvalue weighted by atomic mass is 10.1. The van der Waals surface area contributed by atoms with Crippen LogP contribution in [0.25, 0.3) is 0 Å². The monoisotopic (exact) mass is 431 g/mol. The van der Waals surface area contributed by atoms with E-state index < -0.39 is 9.84 Å². The van der Waals surface area contributed by atoms with Crippen LogP contribution in [-0.2, 0) is 16.3 Å². The number of ether oxygens (including phenoxy) is 1. The third-order valence-corrected chi connectivity index (χ3v) is 5.73. The Kier molecular flexibility index (Phi) is 8.72. The molecule has 6 nitrogen and oxygen atoms in total. The van der Waals surface area contributed by atoms with Gasteiger partial charge in [-0.2, -0.15) is 0 Å². The van der Waals surface area contributed by atoms with Crippen LogP contribution in [0.4, 0.5) is 0 Å². The van der Waals surface area contributed by atoms with Crippen LogP contribution in [0.2, 0.25) is 0 Å². The third kappa shape index (κ3) is 7.71. The molecule has 0 aromatic heterocycles. The van der Waals surface area contributed by atoms with Crippen molar-refractivity contribution in [2.45, 2.75) is 32.1 Å². The number of nitrogens with one attached hydrogen (secondary N) is 1. The molecular formula is C23H33N3O3S. The zero-order chi connectivity index (χ0) is 22.1. The van der Waals surface area contributed by atoms with Crippen LogP contribution < -0.4 is 10.1 Å². The van der Waals surface area contributed by atoms with Gasteiger partial charge in [-0.25, -0.2) is 8.42 Å². The van der Waals surface area contributed by atoms with Crippen molar-refractivity contribution < 1.29 is 13.2 Å². The van der Waals surface area contributed by atoms with Crippen molar-refractivity contribution in [3.8, 4) is 5.75 Å². The molecule has 7 heteroatoms. The van der Waals surface area contributed by atoms with Crippen LogP contribution in [0.15, 0.2) is 52.4 Å². The van der Waals surface area contributed by atoms with Crippen LogP contribution in [0.1, 0.15) is 23.6 Å². The standard InChI is InChI=1S/C23H33N3O3S/c1-6-24-23(25-12-11-20-7-9-22(10-8-20)30(5,27)28)26(4)13-14-29-21-16-18(2)15-19(3)17-21/h7-10,15-17H,6,11-14H2,1-5H3,(H,24,25). The lowest BCUT2D eigenvalue weighted by molar-refractivity contribution is 0.281. The van der Waals surface area contributed by atoms with Gasteiger partial charge in [-0.15, -0.1) is 0 Å². The van der Waals surface area contributed by atoms with E-state index in [-0.39, 0.29) is 0 Å². The van der Waals surface area contributed by atoms with Gasteiger partial charge in [0.15, 0.2) is 15.8 Å². The Morgan fingerprint density at radius 1 is 1.10 bits per heavy atom. The summed E-state index contributed by atoms with van der Waals surface area (Å²) in [7, 11) is -1.17. The van der Waals surface area contributed by atoms with Gasteiger partial charge in [0.25, 0.3) is 0 Å². The van der Waals surface area contributed by atoms with Gasteiger partial charge in [0, 0.05) is 26.4 Å². The molecule has 0 spiro atoms. The molecule has 0 unspecified atom stereocenters. The molecule has 0 aliphatic carbocycles. The molecule has 0 radical (unpaired) electrons. The summed E-state index contributed by atoms with van der Waals surface area (Å²) < 4.78 is 29.0. The van der Waals surface area contributed by atoms with Gasteiger partial charge in [-0.05, 0) is 68.1 Å². The Labute approximate surface area is 180 Å². The quantitative estimate of drug-likeness (QED) is 0.488. The number of aryl methyl sites for hydroxylation is 2. The fraction of sp³-hybridized carbons (Fsp3) is 0.435. The minimum absolute atomic E-state index is 0.339. The van der Waals surface area contributed by atoms with E-state index in [1.807, 2.05) is 38.2 Å². The van der Waals surface area contributed by atoms with Gasteiger partial charge in [-0.3, -0.25) is 4.99 Å². The summed E-state index contributed by atoms with van der Waals surface area (Å²) in [6.45, 7) is 8.85. The summed E-state index contributed by atoms with van der Waals surface area (Å²) in [5.74, 6) is 1.72. The Hall–Kier alpha value is -2.54. The number of aliphatic imine (C=N–C) groups is 1. The molecular weight excluding hydrogens is 398 g/mol. The first-order valence-electron chi connectivity index (χ1n) is 10.2. The van der Waals surface area contributed by atoms with Crippen molar-refractivity contribution >= 4 is 15.8 Å². The number of benzene rings is 2. The van der Waals surface area contributed by atoms with E-state index in [9.17, 15) is 8.42 Å². The molecule has 0 bridgehead atoms. The third-order valence-electron chi connectivity index (χ3n) is 4.60. The maximum Gasteiger partial charge on any atom is 0.193 e. The van der Waals surface area contributed by atoms with Crippen molar-refractivity contribution in [2.24, 2.45) is 4.99 Å². The smallest absolute Gasteiger partial charge is 0.193 e. The molecule has 164 valence electrons. The number of sulfone groups is 1. The molecule has 0 aliphatic heterocycles.